The molecule has 0 N–H and O–H groups in total. The topological polar surface area (TPSA) is 9.23 Å². The maximum atomic E-state index is 5.59. The molecule has 0 unspecified atom stereocenters. The number of halogens is 1. The van der Waals surface area contributed by atoms with Gasteiger partial charge in [0.15, 0.2) is 0 Å². The van der Waals surface area contributed by atoms with E-state index in [9.17, 15) is 0 Å². The minimum atomic E-state index is 0.680. The summed E-state index contributed by atoms with van der Waals surface area (Å²) in [5.74, 6) is 0.920. The second-order valence-electron chi connectivity index (χ2n) is 3.83. The Kier molecular flexibility index (Phi) is 4.59. The van der Waals surface area contributed by atoms with Gasteiger partial charge in [-0.3, -0.25) is 0 Å². The van der Waals surface area contributed by atoms with E-state index in [1.54, 1.807) is 0 Å². The summed E-state index contributed by atoms with van der Waals surface area (Å²) in [6, 6.07) is 16.2. The van der Waals surface area contributed by atoms with Gasteiger partial charge < -0.3 is 4.74 Å². The molecule has 2 aromatic carbocycles. The molecule has 0 radical (unpaired) electrons. The van der Waals surface area contributed by atoms with Crippen molar-refractivity contribution in [3.8, 4) is 5.75 Å². The summed E-state index contributed by atoms with van der Waals surface area (Å²) in [6.07, 6.45) is 4.16. The van der Waals surface area contributed by atoms with Crippen LogP contribution in [0.4, 0.5) is 0 Å². The third-order valence-electron chi connectivity index (χ3n) is 2.57. The average molecular weight is 303 g/mol. The Bertz CT molecular complexity index is 546. The lowest BCUT2D eigenvalue weighted by atomic mass is 10.1. The van der Waals surface area contributed by atoms with Crippen LogP contribution in [0.15, 0.2) is 53.0 Å². The lowest BCUT2D eigenvalue weighted by Gasteiger charge is -2.06. The van der Waals surface area contributed by atoms with E-state index in [1.165, 1.54) is 0 Å². The zero-order chi connectivity index (χ0) is 12.8. The van der Waals surface area contributed by atoms with Gasteiger partial charge in [0.1, 0.15) is 5.75 Å². The van der Waals surface area contributed by atoms with Crippen LogP contribution in [-0.4, -0.2) is 6.61 Å². The molecule has 0 bridgehead atoms. The van der Waals surface area contributed by atoms with E-state index in [-0.39, 0.29) is 0 Å². The molecule has 0 aliphatic rings. The Morgan fingerprint density at radius 1 is 0.944 bits per heavy atom. The van der Waals surface area contributed by atoms with Crippen LogP contribution in [0, 0.1) is 0 Å². The Balaban J connectivity index is 2.26. The summed E-state index contributed by atoms with van der Waals surface area (Å²) in [6.45, 7) is 2.67. The van der Waals surface area contributed by atoms with E-state index < -0.39 is 0 Å². The van der Waals surface area contributed by atoms with E-state index in [0.29, 0.717) is 6.61 Å². The zero-order valence-electron chi connectivity index (χ0n) is 10.3. The standard InChI is InChI=1S/C16H15BrO/c1-2-18-16-10-6-4-8-14(16)12-11-13-7-3-5-9-15(13)17/h3-12H,2H2,1H3/b12-11-. The second kappa shape index (κ2) is 6.41. The van der Waals surface area contributed by atoms with Crippen LogP contribution in [0.1, 0.15) is 18.1 Å². The molecule has 0 saturated carbocycles. The highest BCUT2D eigenvalue weighted by molar-refractivity contribution is 9.10. The number of hydrogen-bond donors (Lipinski definition) is 0. The van der Waals surface area contributed by atoms with Crippen LogP contribution >= 0.6 is 15.9 Å². The summed E-state index contributed by atoms with van der Waals surface area (Å²) in [4.78, 5) is 0. The van der Waals surface area contributed by atoms with Crippen LogP contribution in [0.5, 0.6) is 5.75 Å². The smallest absolute Gasteiger partial charge is 0.126 e. The number of rotatable bonds is 4. The maximum Gasteiger partial charge on any atom is 0.126 e. The minimum Gasteiger partial charge on any atom is -0.493 e. The van der Waals surface area contributed by atoms with Crippen LogP contribution in [-0.2, 0) is 0 Å². The third kappa shape index (κ3) is 3.23. The molecule has 92 valence electrons. The largest absolute Gasteiger partial charge is 0.493 e. The summed E-state index contributed by atoms with van der Waals surface area (Å²) in [5, 5.41) is 0. The molecule has 2 aromatic rings. The lowest BCUT2D eigenvalue weighted by molar-refractivity contribution is 0.339. The van der Waals surface area contributed by atoms with Crippen molar-refractivity contribution in [1.82, 2.24) is 0 Å². The molecule has 0 aliphatic carbocycles. The third-order valence-corrected chi connectivity index (χ3v) is 3.29. The van der Waals surface area contributed by atoms with E-state index in [1.807, 2.05) is 43.3 Å². The molecule has 0 amide bonds. The fraction of sp³-hybridized carbons (Fsp3) is 0.125. The van der Waals surface area contributed by atoms with Crippen LogP contribution in [0.3, 0.4) is 0 Å². The zero-order valence-corrected chi connectivity index (χ0v) is 11.9. The summed E-state index contributed by atoms with van der Waals surface area (Å²) in [5.41, 5.74) is 2.25. The van der Waals surface area contributed by atoms with Crippen LogP contribution in [0.25, 0.3) is 12.2 Å². The summed E-state index contributed by atoms with van der Waals surface area (Å²) in [7, 11) is 0. The Hall–Kier alpha value is -1.54. The van der Waals surface area contributed by atoms with Gasteiger partial charge in [0.25, 0.3) is 0 Å². The lowest BCUT2D eigenvalue weighted by Crippen LogP contribution is -1.93. The van der Waals surface area contributed by atoms with Crippen LogP contribution < -0.4 is 4.74 Å². The first-order valence-electron chi connectivity index (χ1n) is 5.95. The fourth-order valence-corrected chi connectivity index (χ4v) is 2.11. The molecular weight excluding hydrogens is 288 g/mol. The van der Waals surface area contributed by atoms with Gasteiger partial charge in [0.05, 0.1) is 6.61 Å². The van der Waals surface area contributed by atoms with E-state index in [0.717, 1.165) is 21.3 Å². The van der Waals surface area contributed by atoms with Crippen molar-refractivity contribution >= 4 is 28.1 Å². The second-order valence-corrected chi connectivity index (χ2v) is 4.68. The van der Waals surface area contributed by atoms with Gasteiger partial charge in [-0.15, -0.1) is 0 Å². The molecule has 0 heterocycles. The molecule has 0 spiro atoms. The first kappa shape index (κ1) is 12.9. The van der Waals surface area contributed by atoms with Gasteiger partial charge in [0.2, 0.25) is 0 Å². The molecule has 18 heavy (non-hydrogen) atoms. The molecule has 0 saturated heterocycles. The average Bonchev–Trinajstić information content (AvgIpc) is 2.40. The number of benzene rings is 2. The normalized spacial score (nSPS) is 10.8. The van der Waals surface area contributed by atoms with Crippen molar-refractivity contribution < 1.29 is 4.74 Å². The van der Waals surface area contributed by atoms with Crippen molar-refractivity contribution in [3.63, 3.8) is 0 Å². The quantitative estimate of drug-likeness (QED) is 0.721. The van der Waals surface area contributed by atoms with Crippen molar-refractivity contribution in [2.24, 2.45) is 0 Å². The van der Waals surface area contributed by atoms with Crippen molar-refractivity contribution in [2.75, 3.05) is 6.61 Å². The highest BCUT2D eigenvalue weighted by Gasteiger charge is 1.99. The molecule has 2 rings (SSSR count). The van der Waals surface area contributed by atoms with Gasteiger partial charge in [-0.05, 0) is 24.6 Å². The molecular formula is C16H15BrO. The van der Waals surface area contributed by atoms with Crippen molar-refractivity contribution in [2.45, 2.75) is 6.92 Å². The molecule has 1 nitrogen and oxygen atoms in total. The first-order chi connectivity index (χ1) is 8.81. The van der Waals surface area contributed by atoms with Gasteiger partial charge in [0, 0.05) is 10.0 Å². The van der Waals surface area contributed by atoms with Gasteiger partial charge in [-0.25, -0.2) is 0 Å². The van der Waals surface area contributed by atoms with Crippen molar-refractivity contribution in [3.05, 3.63) is 64.1 Å². The molecule has 0 fully saturated rings. The van der Waals surface area contributed by atoms with E-state index in [4.69, 9.17) is 4.74 Å². The monoisotopic (exact) mass is 302 g/mol. The van der Waals surface area contributed by atoms with Gasteiger partial charge in [-0.2, -0.15) is 0 Å². The van der Waals surface area contributed by atoms with Crippen molar-refractivity contribution in [1.29, 1.82) is 0 Å². The van der Waals surface area contributed by atoms with E-state index >= 15 is 0 Å². The maximum absolute atomic E-state index is 5.59. The predicted molar refractivity (Wildman–Crippen MR) is 80.7 cm³/mol. The fourth-order valence-electron chi connectivity index (χ4n) is 1.69. The first-order valence-corrected chi connectivity index (χ1v) is 6.75. The number of para-hydroxylation sites is 1. The Labute approximate surface area is 116 Å². The molecule has 2 heteroatoms. The Morgan fingerprint density at radius 3 is 2.28 bits per heavy atom. The van der Waals surface area contributed by atoms with Gasteiger partial charge in [-0.1, -0.05) is 64.5 Å². The highest BCUT2D eigenvalue weighted by Crippen LogP contribution is 2.23. The Morgan fingerprint density at radius 2 is 1.56 bits per heavy atom. The molecule has 0 atom stereocenters. The highest BCUT2D eigenvalue weighted by atomic mass is 79.9. The summed E-state index contributed by atoms with van der Waals surface area (Å²) < 4.78 is 6.69. The molecule has 0 aromatic heterocycles. The summed E-state index contributed by atoms with van der Waals surface area (Å²) >= 11 is 3.54. The molecule has 0 aliphatic heterocycles. The van der Waals surface area contributed by atoms with E-state index in [2.05, 4.69) is 40.2 Å². The van der Waals surface area contributed by atoms with Crippen LogP contribution in [0.2, 0.25) is 0 Å². The number of hydrogen-bond acceptors (Lipinski definition) is 1. The predicted octanol–water partition coefficient (Wildman–Crippen LogP) is 5.02. The minimum absolute atomic E-state index is 0.680. The van der Waals surface area contributed by atoms with Gasteiger partial charge >= 0.3 is 0 Å². The number of ether oxygens (including phenoxy) is 1. The SMILES string of the molecule is CCOc1ccccc1/C=C\c1ccccc1Br.